The zero-order valence-corrected chi connectivity index (χ0v) is 50.1. The number of ether oxygens (including phenoxy) is 5. The Morgan fingerprint density at radius 3 is 1.24 bits per heavy atom. The van der Waals surface area contributed by atoms with Crippen molar-refractivity contribution in [3.8, 4) is 0 Å². The number of esters is 3. The molecule has 12 heteroatoms. The van der Waals surface area contributed by atoms with E-state index in [1.54, 1.807) is 0 Å². The van der Waals surface area contributed by atoms with Gasteiger partial charge in [-0.3, -0.25) is 14.4 Å². The number of unbranched alkanes of at least 4 members (excludes halogenated alkanes) is 28. The third-order valence-corrected chi connectivity index (χ3v) is 14.3. The number of carboxylic acid groups (broad SMARTS) is 1. The lowest BCUT2D eigenvalue weighted by Gasteiger charge is -2.40. The molecule has 6 atom stereocenters. The molecule has 1 rings (SSSR count). The van der Waals surface area contributed by atoms with Gasteiger partial charge in [0.15, 0.2) is 24.6 Å². The molecule has 0 aromatic carbocycles. The summed E-state index contributed by atoms with van der Waals surface area (Å²) in [6.07, 6.45) is 57.2. The SMILES string of the molecule is CC/C=C\C/C=C\C/C=C\C/C=C\CCCCCCCCC(=O)OC1C(OCC(COC(=O)CCCCCCCCCCC/C=C\C/C=C\CCCCC)OC(=O)CCCCCCCCCCCCC)OC(C(=O)O)C(O)C1O. The van der Waals surface area contributed by atoms with Crippen molar-refractivity contribution in [2.45, 2.75) is 314 Å². The van der Waals surface area contributed by atoms with Crippen LogP contribution in [0.4, 0.5) is 0 Å². The number of carbonyl (C=O) groups excluding carboxylic acids is 3. The molecule has 0 amide bonds. The van der Waals surface area contributed by atoms with Crippen LogP contribution in [0.2, 0.25) is 0 Å². The molecule has 12 nitrogen and oxygen atoms in total. The molecule has 1 heterocycles. The van der Waals surface area contributed by atoms with E-state index in [1.807, 2.05) is 0 Å². The summed E-state index contributed by atoms with van der Waals surface area (Å²) in [6, 6.07) is 0. The van der Waals surface area contributed by atoms with Gasteiger partial charge in [0, 0.05) is 19.3 Å². The summed E-state index contributed by atoms with van der Waals surface area (Å²) in [4.78, 5) is 51.2. The van der Waals surface area contributed by atoms with Crippen LogP contribution in [0.5, 0.6) is 0 Å². The van der Waals surface area contributed by atoms with E-state index in [9.17, 15) is 34.5 Å². The lowest BCUT2D eigenvalue weighted by atomic mass is 9.98. The molecule has 0 spiro atoms. The number of aliphatic carboxylic acids is 1. The second-order valence-corrected chi connectivity index (χ2v) is 21.7. The third kappa shape index (κ3) is 44.5. The number of rotatable bonds is 54. The fourth-order valence-corrected chi connectivity index (χ4v) is 9.39. The van der Waals surface area contributed by atoms with Crippen LogP contribution in [-0.2, 0) is 42.9 Å². The average Bonchev–Trinajstić information content (AvgIpc) is 3.43. The molecule has 454 valence electrons. The molecule has 1 aliphatic heterocycles. The number of allylic oxidation sites excluding steroid dienone is 12. The smallest absolute Gasteiger partial charge is 0.335 e. The Bertz CT molecular complexity index is 1650. The maximum atomic E-state index is 13.1. The Hall–Kier alpha value is -3.84. The van der Waals surface area contributed by atoms with Crippen LogP contribution < -0.4 is 0 Å². The van der Waals surface area contributed by atoms with Gasteiger partial charge in [-0.15, -0.1) is 0 Å². The highest BCUT2D eigenvalue weighted by molar-refractivity contribution is 5.74. The summed E-state index contributed by atoms with van der Waals surface area (Å²) in [5.41, 5.74) is 0. The highest BCUT2D eigenvalue weighted by Crippen LogP contribution is 2.27. The van der Waals surface area contributed by atoms with Crippen molar-refractivity contribution in [2.75, 3.05) is 13.2 Å². The highest BCUT2D eigenvalue weighted by atomic mass is 16.7. The summed E-state index contributed by atoms with van der Waals surface area (Å²) in [5.74, 6) is -3.13. The normalized spacial score (nSPS) is 18.3. The molecule has 0 aliphatic carbocycles. The molecule has 0 aromatic rings. The van der Waals surface area contributed by atoms with Gasteiger partial charge in [-0.1, -0.05) is 241 Å². The number of hydrogen-bond acceptors (Lipinski definition) is 11. The van der Waals surface area contributed by atoms with Gasteiger partial charge in [-0.25, -0.2) is 4.79 Å². The van der Waals surface area contributed by atoms with E-state index in [0.717, 1.165) is 116 Å². The average molecular weight is 1110 g/mol. The summed E-state index contributed by atoms with van der Waals surface area (Å²) < 4.78 is 28.5. The van der Waals surface area contributed by atoms with Crippen LogP contribution in [0.25, 0.3) is 0 Å². The minimum atomic E-state index is -1.91. The van der Waals surface area contributed by atoms with Gasteiger partial charge in [0.05, 0.1) is 6.61 Å². The summed E-state index contributed by atoms with van der Waals surface area (Å²) in [6.45, 7) is 5.86. The second kappa shape index (κ2) is 54.7. The lowest BCUT2D eigenvalue weighted by Crippen LogP contribution is -2.61. The van der Waals surface area contributed by atoms with Crippen LogP contribution in [-0.4, -0.2) is 89.2 Å². The second-order valence-electron chi connectivity index (χ2n) is 21.7. The predicted molar refractivity (Wildman–Crippen MR) is 322 cm³/mol. The van der Waals surface area contributed by atoms with Crippen molar-refractivity contribution in [1.82, 2.24) is 0 Å². The predicted octanol–water partition coefficient (Wildman–Crippen LogP) is 16.9. The summed E-state index contributed by atoms with van der Waals surface area (Å²) >= 11 is 0. The van der Waals surface area contributed by atoms with Crippen molar-refractivity contribution in [3.05, 3.63) is 72.9 Å². The summed E-state index contributed by atoms with van der Waals surface area (Å²) in [5, 5.41) is 31.5. The Balaban J connectivity index is 2.63. The zero-order valence-electron chi connectivity index (χ0n) is 50.1. The third-order valence-electron chi connectivity index (χ3n) is 14.3. The molecule has 6 unspecified atom stereocenters. The Morgan fingerprint density at radius 1 is 0.430 bits per heavy atom. The van der Waals surface area contributed by atoms with Crippen molar-refractivity contribution in [2.24, 2.45) is 0 Å². The molecule has 0 saturated carbocycles. The fourth-order valence-electron chi connectivity index (χ4n) is 9.39. The maximum Gasteiger partial charge on any atom is 0.335 e. The Labute approximate surface area is 480 Å². The van der Waals surface area contributed by atoms with Gasteiger partial charge >= 0.3 is 23.9 Å². The quantitative estimate of drug-likeness (QED) is 0.0228. The molecule has 0 aromatic heterocycles. The largest absolute Gasteiger partial charge is 0.479 e. The van der Waals surface area contributed by atoms with E-state index in [2.05, 4.69) is 93.7 Å². The van der Waals surface area contributed by atoms with Crippen LogP contribution in [0.3, 0.4) is 0 Å². The highest BCUT2D eigenvalue weighted by Gasteiger charge is 2.50. The van der Waals surface area contributed by atoms with Crippen LogP contribution in [0.1, 0.15) is 278 Å². The monoisotopic (exact) mass is 1110 g/mol. The number of aliphatic hydroxyl groups is 2. The molecule has 0 bridgehead atoms. The van der Waals surface area contributed by atoms with Gasteiger partial charge in [0.1, 0.15) is 18.8 Å². The van der Waals surface area contributed by atoms with Gasteiger partial charge in [0.2, 0.25) is 0 Å². The molecular formula is C67H114O12. The molecule has 1 fully saturated rings. The topological polar surface area (TPSA) is 175 Å². The van der Waals surface area contributed by atoms with E-state index in [4.69, 9.17) is 23.7 Å². The molecule has 3 N–H and O–H groups in total. The van der Waals surface area contributed by atoms with Gasteiger partial charge in [0.25, 0.3) is 0 Å². The van der Waals surface area contributed by atoms with E-state index in [0.29, 0.717) is 19.3 Å². The van der Waals surface area contributed by atoms with Gasteiger partial charge in [-0.2, -0.15) is 0 Å². The number of carbonyl (C=O) groups is 4. The first kappa shape index (κ1) is 73.2. The first-order valence-electron chi connectivity index (χ1n) is 31.9. The van der Waals surface area contributed by atoms with Crippen molar-refractivity contribution in [1.29, 1.82) is 0 Å². The van der Waals surface area contributed by atoms with Crippen molar-refractivity contribution < 1.29 is 58.2 Å². The molecule has 79 heavy (non-hydrogen) atoms. The van der Waals surface area contributed by atoms with Crippen molar-refractivity contribution >= 4 is 23.9 Å². The molecule has 1 aliphatic rings. The standard InChI is InChI=1S/C67H114O12/c1-4-7-10-13-16-19-22-24-26-28-30-32-34-36-39-41-44-47-50-53-59(68)75-56-58(77-60(69)54-51-48-45-42-38-21-18-15-12-9-6-3)57-76-67-65(63(72)62(71)64(79-67)66(73)74)78-61(70)55-52-49-46-43-40-37-35-33-31-29-27-25-23-20-17-14-11-8-5-2/h8,11,16-17,19-20,24-27,31,33,58,62-65,67,71-72H,4-7,9-10,12-15,18,21-23,28-30,32,34-57H2,1-3H3,(H,73,74)/b11-8-,19-16-,20-17-,26-24-,27-25-,33-31-. The van der Waals surface area contributed by atoms with E-state index >= 15 is 0 Å². The number of carboxylic acids is 1. The van der Waals surface area contributed by atoms with E-state index < -0.39 is 67.3 Å². The molecule has 1 saturated heterocycles. The van der Waals surface area contributed by atoms with E-state index in [-0.39, 0.29) is 25.9 Å². The number of aliphatic hydroxyl groups excluding tert-OH is 2. The van der Waals surface area contributed by atoms with Gasteiger partial charge < -0.3 is 39.0 Å². The Kier molecular flexibility index (Phi) is 50.7. The first-order chi connectivity index (χ1) is 38.6. The van der Waals surface area contributed by atoms with Crippen LogP contribution in [0, 0.1) is 0 Å². The minimum absolute atomic E-state index is 0.0435. The minimum Gasteiger partial charge on any atom is -0.479 e. The first-order valence-corrected chi connectivity index (χ1v) is 31.9. The molecular weight excluding hydrogens is 997 g/mol. The van der Waals surface area contributed by atoms with Crippen molar-refractivity contribution in [3.63, 3.8) is 0 Å². The Morgan fingerprint density at radius 2 is 0.797 bits per heavy atom. The fraction of sp³-hybridized carbons (Fsp3) is 0.761. The lowest BCUT2D eigenvalue weighted by molar-refractivity contribution is -0.301. The molecule has 0 radical (unpaired) electrons. The van der Waals surface area contributed by atoms with Crippen LogP contribution in [0.15, 0.2) is 72.9 Å². The van der Waals surface area contributed by atoms with E-state index in [1.165, 1.54) is 103 Å². The van der Waals surface area contributed by atoms with Gasteiger partial charge in [-0.05, 0) is 89.9 Å². The maximum absolute atomic E-state index is 13.1. The zero-order chi connectivity index (χ0) is 57.5. The number of hydrogen-bond donors (Lipinski definition) is 3. The van der Waals surface area contributed by atoms with Crippen LogP contribution >= 0.6 is 0 Å². The summed E-state index contributed by atoms with van der Waals surface area (Å²) in [7, 11) is 0.